The Hall–Kier alpha value is -2.30. The SMILES string of the molecule is CC1(C(=O)O)CCN(C(=O)C2=Cc3ccccc3OC2)C1. The van der Waals surface area contributed by atoms with E-state index in [9.17, 15) is 14.7 Å². The molecule has 1 unspecified atom stereocenters. The Morgan fingerprint density at radius 3 is 2.81 bits per heavy atom. The van der Waals surface area contributed by atoms with Gasteiger partial charge in [0.05, 0.1) is 11.0 Å². The highest BCUT2D eigenvalue weighted by Crippen LogP contribution is 2.32. The predicted molar refractivity (Wildman–Crippen MR) is 76.9 cm³/mol. The van der Waals surface area contributed by atoms with Crippen molar-refractivity contribution in [1.82, 2.24) is 4.90 Å². The summed E-state index contributed by atoms with van der Waals surface area (Å²) in [7, 11) is 0. The number of amides is 1. The second kappa shape index (κ2) is 4.91. The number of fused-ring (bicyclic) bond motifs is 1. The zero-order valence-corrected chi connectivity index (χ0v) is 11.8. The molecule has 0 radical (unpaired) electrons. The van der Waals surface area contributed by atoms with Gasteiger partial charge in [-0.15, -0.1) is 0 Å². The molecule has 1 saturated heterocycles. The average molecular weight is 287 g/mol. The van der Waals surface area contributed by atoms with Crippen LogP contribution in [0.2, 0.25) is 0 Å². The first kappa shape index (κ1) is 13.7. The smallest absolute Gasteiger partial charge is 0.311 e. The van der Waals surface area contributed by atoms with E-state index in [2.05, 4.69) is 0 Å². The fourth-order valence-corrected chi connectivity index (χ4v) is 2.75. The number of benzene rings is 1. The topological polar surface area (TPSA) is 66.8 Å². The summed E-state index contributed by atoms with van der Waals surface area (Å²) >= 11 is 0. The van der Waals surface area contributed by atoms with Crippen LogP contribution in [0, 0.1) is 5.41 Å². The van der Waals surface area contributed by atoms with E-state index in [4.69, 9.17) is 4.74 Å². The fraction of sp³-hybridized carbons (Fsp3) is 0.375. The van der Waals surface area contributed by atoms with Crippen molar-refractivity contribution in [3.8, 4) is 5.75 Å². The van der Waals surface area contributed by atoms with Crippen LogP contribution < -0.4 is 4.74 Å². The molecule has 110 valence electrons. The molecule has 0 spiro atoms. The van der Waals surface area contributed by atoms with Gasteiger partial charge in [-0.2, -0.15) is 0 Å². The van der Waals surface area contributed by atoms with E-state index < -0.39 is 11.4 Å². The normalized spacial score (nSPS) is 24.0. The Morgan fingerprint density at radius 2 is 2.10 bits per heavy atom. The van der Waals surface area contributed by atoms with Crippen molar-refractivity contribution in [3.63, 3.8) is 0 Å². The van der Waals surface area contributed by atoms with Gasteiger partial charge in [-0.05, 0) is 25.5 Å². The first-order valence-corrected chi connectivity index (χ1v) is 6.95. The summed E-state index contributed by atoms with van der Waals surface area (Å²) < 4.78 is 5.58. The molecule has 0 saturated carbocycles. The van der Waals surface area contributed by atoms with Gasteiger partial charge in [-0.3, -0.25) is 9.59 Å². The monoisotopic (exact) mass is 287 g/mol. The minimum atomic E-state index is -0.850. The molecule has 0 aromatic heterocycles. The van der Waals surface area contributed by atoms with Crippen LogP contribution in [-0.4, -0.2) is 41.6 Å². The number of nitrogens with zero attached hydrogens (tertiary/aromatic N) is 1. The van der Waals surface area contributed by atoms with Crippen molar-refractivity contribution < 1.29 is 19.4 Å². The highest BCUT2D eigenvalue weighted by atomic mass is 16.5. The maximum absolute atomic E-state index is 12.5. The lowest BCUT2D eigenvalue weighted by molar-refractivity contribution is -0.147. The molecule has 3 rings (SSSR count). The molecule has 1 amide bonds. The highest BCUT2D eigenvalue weighted by molar-refractivity contribution is 5.99. The van der Waals surface area contributed by atoms with Gasteiger partial charge in [0.15, 0.2) is 0 Å². The first-order chi connectivity index (χ1) is 9.99. The molecule has 1 fully saturated rings. The summed E-state index contributed by atoms with van der Waals surface area (Å²) in [6, 6.07) is 7.54. The van der Waals surface area contributed by atoms with Crippen molar-refractivity contribution in [2.45, 2.75) is 13.3 Å². The molecule has 0 bridgehead atoms. The Morgan fingerprint density at radius 1 is 1.33 bits per heavy atom. The number of likely N-dealkylation sites (tertiary alicyclic amines) is 1. The standard InChI is InChI=1S/C16H17NO4/c1-16(15(19)20)6-7-17(10-16)14(18)12-8-11-4-2-3-5-13(11)21-9-12/h2-5,8H,6-7,9-10H2,1H3,(H,19,20). The molecule has 1 atom stereocenters. The number of para-hydroxylation sites is 1. The fourth-order valence-electron chi connectivity index (χ4n) is 2.75. The molecule has 21 heavy (non-hydrogen) atoms. The van der Waals surface area contributed by atoms with E-state index in [0.717, 1.165) is 11.3 Å². The maximum atomic E-state index is 12.5. The molecule has 5 heteroatoms. The van der Waals surface area contributed by atoms with Crippen LogP contribution in [0.4, 0.5) is 0 Å². The van der Waals surface area contributed by atoms with Gasteiger partial charge in [0.1, 0.15) is 12.4 Å². The Balaban J connectivity index is 1.79. The van der Waals surface area contributed by atoms with Crippen molar-refractivity contribution >= 4 is 18.0 Å². The van der Waals surface area contributed by atoms with Crippen molar-refractivity contribution in [2.75, 3.05) is 19.7 Å². The molecular weight excluding hydrogens is 270 g/mol. The minimum absolute atomic E-state index is 0.130. The number of hydrogen-bond donors (Lipinski definition) is 1. The second-order valence-corrected chi connectivity index (χ2v) is 5.84. The van der Waals surface area contributed by atoms with E-state index in [1.54, 1.807) is 11.8 Å². The largest absolute Gasteiger partial charge is 0.488 e. The number of aliphatic carboxylic acids is 1. The van der Waals surface area contributed by atoms with Gasteiger partial charge in [0.25, 0.3) is 5.91 Å². The number of carboxylic acid groups (broad SMARTS) is 1. The highest BCUT2D eigenvalue weighted by Gasteiger charge is 2.42. The number of carbonyl (C=O) groups is 2. The van der Waals surface area contributed by atoms with Crippen LogP contribution in [0.5, 0.6) is 5.75 Å². The lowest BCUT2D eigenvalue weighted by Gasteiger charge is -2.23. The van der Waals surface area contributed by atoms with Crippen LogP contribution in [-0.2, 0) is 9.59 Å². The molecule has 1 N–H and O–H groups in total. The molecule has 1 aromatic rings. The van der Waals surface area contributed by atoms with Gasteiger partial charge in [0, 0.05) is 18.7 Å². The van der Waals surface area contributed by atoms with E-state index >= 15 is 0 Å². The third-order valence-electron chi connectivity index (χ3n) is 4.18. The number of ether oxygens (including phenoxy) is 1. The second-order valence-electron chi connectivity index (χ2n) is 5.84. The zero-order valence-electron chi connectivity index (χ0n) is 11.8. The van der Waals surface area contributed by atoms with Gasteiger partial charge >= 0.3 is 5.97 Å². The van der Waals surface area contributed by atoms with Gasteiger partial charge < -0.3 is 14.7 Å². The molecule has 0 aliphatic carbocycles. The molecule has 2 heterocycles. The van der Waals surface area contributed by atoms with E-state index in [0.29, 0.717) is 18.5 Å². The van der Waals surface area contributed by atoms with E-state index in [1.165, 1.54) is 0 Å². The van der Waals surface area contributed by atoms with Crippen LogP contribution >= 0.6 is 0 Å². The molecule has 2 aliphatic heterocycles. The average Bonchev–Trinajstić information content (AvgIpc) is 2.90. The minimum Gasteiger partial charge on any atom is -0.488 e. The van der Waals surface area contributed by atoms with Gasteiger partial charge in [-0.1, -0.05) is 18.2 Å². The van der Waals surface area contributed by atoms with Crippen molar-refractivity contribution in [2.24, 2.45) is 5.41 Å². The summed E-state index contributed by atoms with van der Waals surface area (Å²) in [6.07, 6.45) is 2.32. The van der Waals surface area contributed by atoms with Crippen LogP contribution in [0.3, 0.4) is 0 Å². The maximum Gasteiger partial charge on any atom is 0.311 e. The quantitative estimate of drug-likeness (QED) is 0.900. The van der Waals surface area contributed by atoms with E-state index in [-0.39, 0.29) is 19.1 Å². The lowest BCUT2D eigenvalue weighted by atomic mass is 9.90. The Labute approximate surface area is 122 Å². The molecule has 1 aromatic carbocycles. The molecular formula is C16H17NO4. The lowest BCUT2D eigenvalue weighted by Crippen LogP contribution is -2.36. The summed E-state index contributed by atoms with van der Waals surface area (Å²) in [5.41, 5.74) is 0.611. The number of carboxylic acids is 1. The Bertz CT molecular complexity index is 637. The van der Waals surface area contributed by atoms with Crippen LogP contribution in [0.25, 0.3) is 6.08 Å². The zero-order chi connectivity index (χ0) is 15.0. The predicted octanol–water partition coefficient (Wildman–Crippen LogP) is 1.79. The number of hydrogen-bond acceptors (Lipinski definition) is 3. The van der Waals surface area contributed by atoms with Crippen LogP contribution in [0.15, 0.2) is 29.8 Å². The third-order valence-corrected chi connectivity index (χ3v) is 4.18. The number of rotatable bonds is 2. The van der Waals surface area contributed by atoms with Crippen molar-refractivity contribution in [1.29, 1.82) is 0 Å². The first-order valence-electron chi connectivity index (χ1n) is 6.95. The molecule has 5 nitrogen and oxygen atoms in total. The van der Waals surface area contributed by atoms with Gasteiger partial charge in [0.2, 0.25) is 0 Å². The summed E-state index contributed by atoms with van der Waals surface area (Å²) in [5, 5.41) is 9.24. The summed E-state index contributed by atoms with van der Waals surface area (Å²) in [4.78, 5) is 25.4. The van der Waals surface area contributed by atoms with Gasteiger partial charge in [-0.25, -0.2) is 0 Å². The van der Waals surface area contributed by atoms with E-state index in [1.807, 2.05) is 30.3 Å². The van der Waals surface area contributed by atoms with Crippen LogP contribution in [0.1, 0.15) is 18.9 Å². The number of carbonyl (C=O) groups excluding carboxylic acids is 1. The Kier molecular flexibility index (Phi) is 3.20. The summed E-state index contributed by atoms with van der Waals surface area (Å²) in [5.74, 6) is -0.211. The molecule has 2 aliphatic rings. The third kappa shape index (κ3) is 2.39. The summed E-state index contributed by atoms with van der Waals surface area (Å²) in [6.45, 7) is 2.64. The van der Waals surface area contributed by atoms with Crippen molar-refractivity contribution in [3.05, 3.63) is 35.4 Å².